The van der Waals surface area contributed by atoms with E-state index in [0.717, 1.165) is 0 Å². The molecule has 1 aromatic carbocycles. The molecular formula is C16H13N3O4. The Hall–Kier alpha value is -3.22. The van der Waals surface area contributed by atoms with E-state index < -0.39 is 12.1 Å². The summed E-state index contributed by atoms with van der Waals surface area (Å²) in [4.78, 5) is 31.0. The number of hydrogen-bond donors (Lipinski definition) is 1. The number of para-hydroxylation sites is 1. The van der Waals surface area contributed by atoms with E-state index in [9.17, 15) is 14.8 Å². The molecule has 0 fully saturated rings. The van der Waals surface area contributed by atoms with Gasteiger partial charge in [0.1, 0.15) is 0 Å². The molecule has 116 valence electrons. The van der Waals surface area contributed by atoms with Crippen LogP contribution < -0.4 is 10.3 Å². The zero-order valence-electron chi connectivity index (χ0n) is 12.2. The fourth-order valence-electron chi connectivity index (χ4n) is 2.13. The van der Waals surface area contributed by atoms with E-state index in [1.807, 2.05) is 0 Å². The molecular weight excluding hydrogens is 298 g/mol. The van der Waals surface area contributed by atoms with Crippen LogP contribution in [0.25, 0.3) is 10.9 Å². The molecule has 3 aromatic rings. The fourth-order valence-corrected chi connectivity index (χ4v) is 2.13. The molecule has 0 aliphatic carbocycles. The molecule has 0 spiro atoms. The molecule has 7 heteroatoms. The van der Waals surface area contributed by atoms with Crippen LogP contribution in [0.15, 0.2) is 53.6 Å². The lowest BCUT2D eigenvalue weighted by Gasteiger charge is -2.13. The highest BCUT2D eigenvalue weighted by Crippen LogP contribution is 2.16. The minimum absolute atomic E-state index is 0.243. The molecule has 7 nitrogen and oxygen atoms in total. The number of aromatic nitrogens is 3. The van der Waals surface area contributed by atoms with E-state index in [4.69, 9.17) is 4.74 Å². The van der Waals surface area contributed by atoms with E-state index in [0.29, 0.717) is 15.6 Å². The van der Waals surface area contributed by atoms with Gasteiger partial charge >= 0.3 is 5.97 Å². The number of fused-ring (bicyclic) bond motifs is 1. The van der Waals surface area contributed by atoms with Gasteiger partial charge in [0.15, 0.2) is 24.3 Å². The molecule has 2 aromatic heterocycles. The Kier molecular flexibility index (Phi) is 3.76. The Labute approximate surface area is 130 Å². The maximum absolute atomic E-state index is 12.0. The van der Waals surface area contributed by atoms with Gasteiger partial charge in [-0.25, -0.2) is 9.78 Å². The lowest BCUT2D eigenvalue weighted by molar-refractivity contribution is -0.605. The average Bonchev–Trinajstić information content (AvgIpc) is 2.55. The Morgan fingerprint density at radius 1 is 1.26 bits per heavy atom. The molecule has 0 radical (unpaired) electrons. The van der Waals surface area contributed by atoms with Gasteiger partial charge in [0.25, 0.3) is 5.56 Å². The van der Waals surface area contributed by atoms with Crippen LogP contribution in [-0.2, 0) is 4.74 Å². The summed E-state index contributed by atoms with van der Waals surface area (Å²) < 4.78 is 5.86. The maximum Gasteiger partial charge on any atom is 0.339 e. The van der Waals surface area contributed by atoms with E-state index in [1.165, 1.54) is 24.5 Å². The summed E-state index contributed by atoms with van der Waals surface area (Å²) in [5.74, 6) is -0.342. The number of ether oxygens (including phenoxy) is 1. The zero-order chi connectivity index (χ0) is 16.4. The molecule has 0 saturated carbocycles. The number of rotatable bonds is 3. The van der Waals surface area contributed by atoms with Gasteiger partial charge < -0.3 is 14.9 Å². The number of esters is 1. The number of benzene rings is 1. The van der Waals surface area contributed by atoms with E-state index in [-0.39, 0.29) is 16.9 Å². The summed E-state index contributed by atoms with van der Waals surface area (Å²) in [5, 5.41) is 11.4. The predicted octanol–water partition coefficient (Wildman–Crippen LogP) is 1.47. The van der Waals surface area contributed by atoms with Crippen molar-refractivity contribution in [1.82, 2.24) is 9.97 Å². The first kappa shape index (κ1) is 14.7. The minimum Gasteiger partial charge on any atom is -0.619 e. The van der Waals surface area contributed by atoms with Gasteiger partial charge in [-0.1, -0.05) is 12.1 Å². The van der Waals surface area contributed by atoms with Crippen molar-refractivity contribution in [3.63, 3.8) is 0 Å². The highest BCUT2D eigenvalue weighted by atomic mass is 16.5. The first-order chi connectivity index (χ1) is 11.0. The minimum atomic E-state index is -0.737. The summed E-state index contributed by atoms with van der Waals surface area (Å²) in [6, 6.07) is 9.63. The highest BCUT2D eigenvalue weighted by molar-refractivity contribution is 5.89. The van der Waals surface area contributed by atoms with E-state index in [2.05, 4.69) is 9.97 Å². The molecule has 0 aliphatic heterocycles. The van der Waals surface area contributed by atoms with E-state index in [1.54, 1.807) is 31.2 Å². The standard InChI is InChI=1S/C16H13N3O4/c1-10(23-16(21)11-6-8-19(22)9-7-11)14-17-13-5-3-2-4-12(13)15(20)18-14/h2-10H,1H3,(H,17,18,20)/t10-/m1/s1. The Morgan fingerprint density at radius 2 is 1.96 bits per heavy atom. The molecule has 0 amide bonds. The van der Waals surface area contributed by atoms with Gasteiger partial charge in [0.05, 0.1) is 16.5 Å². The number of carbonyl (C=O) groups excluding carboxylic acids is 1. The molecule has 23 heavy (non-hydrogen) atoms. The fraction of sp³-hybridized carbons (Fsp3) is 0.125. The van der Waals surface area contributed by atoms with Gasteiger partial charge in [-0.15, -0.1) is 0 Å². The van der Waals surface area contributed by atoms with Crippen molar-refractivity contribution in [3.05, 3.63) is 75.7 Å². The monoisotopic (exact) mass is 311 g/mol. The van der Waals surface area contributed by atoms with Crippen molar-refractivity contribution in [3.8, 4) is 0 Å². The van der Waals surface area contributed by atoms with Gasteiger partial charge in [-0.2, -0.15) is 4.73 Å². The number of pyridine rings is 1. The van der Waals surface area contributed by atoms with Crippen LogP contribution in [0.3, 0.4) is 0 Å². The van der Waals surface area contributed by atoms with Crippen LogP contribution in [0.2, 0.25) is 0 Å². The van der Waals surface area contributed by atoms with Gasteiger partial charge in [0.2, 0.25) is 0 Å². The SMILES string of the molecule is C[C@@H](OC(=O)c1cc[n+]([O-])cc1)c1nc2ccccc2c(=O)[nH]1. The third kappa shape index (κ3) is 3.03. The van der Waals surface area contributed by atoms with Crippen LogP contribution in [0, 0.1) is 5.21 Å². The molecule has 0 unspecified atom stereocenters. The third-order valence-corrected chi connectivity index (χ3v) is 3.34. The summed E-state index contributed by atoms with van der Waals surface area (Å²) in [7, 11) is 0. The van der Waals surface area contributed by atoms with Crippen molar-refractivity contribution >= 4 is 16.9 Å². The quantitative estimate of drug-likeness (QED) is 0.448. The number of carbonyl (C=O) groups is 1. The second-order valence-electron chi connectivity index (χ2n) is 4.96. The van der Waals surface area contributed by atoms with Crippen LogP contribution in [0.4, 0.5) is 0 Å². The third-order valence-electron chi connectivity index (χ3n) is 3.34. The maximum atomic E-state index is 12.0. The average molecular weight is 311 g/mol. The molecule has 0 saturated heterocycles. The largest absolute Gasteiger partial charge is 0.619 e. The van der Waals surface area contributed by atoms with Crippen molar-refractivity contribution in [1.29, 1.82) is 0 Å². The first-order valence-corrected chi connectivity index (χ1v) is 6.93. The lowest BCUT2D eigenvalue weighted by Crippen LogP contribution is -2.24. The number of H-pyrrole nitrogens is 1. The topological polar surface area (TPSA) is 99.0 Å². The van der Waals surface area contributed by atoms with Crippen molar-refractivity contribution < 1.29 is 14.3 Å². The summed E-state index contributed by atoms with van der Waals surface area (Å²) in [5.41, 5.74) is 0.481. The van der Waals surface area contributed by atoms with Crippen LogP contribution in [-0.4, -0.2) is 15.9 Å². The Morgan fingerprint density at radius 3 is 2.70 bits per heavy atom. The predicted molar refractivity (Wildman–Crippen MR) is 81.6 cm³/mol. The number of nitrogens with zero attached hydrogens (tertiary/aromatic N) is 2. The number of aromatic amines is 1. The summed E-state index contributed by atoms with van der Waals surface area (Å²) >= 11 is 0. The lowest BCUT2D eigenvalue weighted by atomic mass is 10.2. The molecule has 1 atom stereocenters. The molecule has 3 rings (SSSR count). The van der Waals surface area contributed by atoms with Gasteiger partial charge in [-0.05, 0) is 19.1 Å². The normalized spacial score (nSPS) is 12.0. The molecule has 0 bridgehead atoms. The van der Waals surface area contributed by atoms with Crippen molar-refractivity contribution in [2.75, 3.05) is 0 Å². The van der Waals surface area contributed by atoms with E-state index >= 15 is 0 Å². The first-order valence-electron chi connectivity index (χ1n) is 6.93. The summed E-state index contributed by atoms with van der Waals surface area (Å²) in [6.07, 6.45) is 1.67. The number of hydrogen-bond acceptors (Lipinski definition) is 5. The Bertz CT molecular complexity index is 919. The Balaban J connectivity index is 1.85. The zero-order valence-corrected chi connectivity index (χ0v) is 12.2. The van der Waals surface area contributed by atoms with Crippen molar-refractivity contribution in [2.24, 2.45) is 0 Å². The second kappa shape index (κ2) is 5.88. The second-order valence-corrected chi connectivity index (χ2v) is 4.96. The number of nitrogens with one attached hydrogen (secondary N) is 1. The van der Waals surface area contributed by atoms with Crippen LogP contribution >= 0.6 is 0 Å². The van der Waals surface area contributed by atoms with Crippen LogP contribution in [0.1, 0.15) is 29.2 Å². The molecule has 1 N–H and O–H groups in total. The van der Waals surface area contributed by atoms with Crippen LogP contribution in [0.5, 0.6) is 0 Å². The molecule has 0 aliphatic rings. The highest BCUT2D eigenvalue weighted by Gasteiger charge is 2.17. The molecule has 2 heterocycles. The van der Waals surface area contributed by atoms with Crippen molar-refractivity contribution in [2.45, 2.75) is 13.0 Å². The summed E-state index contributed by atoms with van der Waals surface area (Å²) in [6.45, 7) is 1.61. The van der Waals surface area contributed by atoms with Gasteiger partial charge in [0, 0.05) is 12.1 Å². The van der Waals surface area contributed by atoms with Gasteiger partial charge in [-0.3, -0.25) is 4.79 Å². The smallest absolute Gasteiger partial charge is 0.339 e.